The van der Waals surface area contributed by atoms with E-state index in [9.17, 15) is 4.79 Å². The van der Waals surface area contributed by atoms with Crippen molar-refractivity contribution in [1.82, 2.24) is 9.38 Å². The van der Waals surface area contributed by atoms with Crippen LogP contribution in [0.2, 0.25) is 0 Å². The highest BCUT2D eigenvalue weighted by Gasteiger charge is 2.07. The Kier molecular flexibility index (Phi) is 2.77. The van der Waals surface area contributed by atoms with E-state index in [0.717, 1.165) is 23.3 Å². The van der Waals surface area contributed by atoms with Crippen molar-refractivity contribution in [3.8, 4) is 0 Å². The van der Waals surface area contributed by atoms with E-state index in [0.29, 0.717) is 5.92 Å². The van der Waals surface area contributed by atoms with Crippen molar-refractivity contribution in [2.24, 2.45) is 5.92 Å². The summed E-state index contributed by atoms with van der Waals surface area (Å²) < 4.78 is 2.01. The molecule has 0 aromatic carbocycles. The summed E-state index contributed by atoms with van der Waals surface area (Å²) in [5, 5.41) is 0. The van der Waals surface area contributed by atoms with Crippen LogP contribution in [-0.4, -0.2) is 15.2 Å². The van der Waals surface area contributed by atoms with Crippen LogP contribution in [0.5, 0.6) is 0 Å². The average molecular weight is 216 g/mol. The van der Waals surface area contributed by atoms with Gasteiger partial charge in [0, 0.05) is 18.2 Å². The molecule has 2 rings (SSSR count). The Morgan fingerprint density at radius 3 is 2.81 bits per heavy atom. The number of nitrogens with zero attached hydrogens (tertiary/aromatic N) is 2. The molecule has 3 heteroatoms. The molecule has 0 fully saturated rings. The molecule has 2 aromatic heterocycles. The van der Waals surface area contributed by atoms with Gasteiger partial charge in [0.2, 0.25) is 0 Å². The average Bonchev–Trinajstić information content (AvgIpc) is 2.60. The predicted octanol–water partition coefficient (Wildman–Crippen LogP) is 2.74. The Balaban J connectivity index is 2.51. The standard InChI is InChI=1S/C13H16N2O/c1-9(2)6-13-14-7-12-5-4-11(10(3)16)8-15(12)13/h4-5,7-9H,6H2,1-3H3. The van der Waals surface area contributed by atoms with Gasteiger partial charge in [-0.05, 0) is 25.0 Å². The van der Waals surface area contributed by atoms with Gasteiger partial charge in [-0.3, -0.25) is 4.79 Å². The third-order valence-corrected chi connectivity index (χ3v) is 2.60. The summed E-state index contributed by atoms with van der Waals surface area (Å²) in [4.78, 5) is 15.7. The van der Waals surface area contributed by atoms with Crippen LogP contribution in [0.4, 0.5) is 0 Å². The number of rotatable bonds is 3. The molecule has 3 nitrogen and oxygen atoms in total. The fourth-order valence-corrected chi connectivity index (χ4v) is 1.77. The van der Waals surface area contributed by atoms with Crippen LogP contribution in [0.1, 0.15) is 37.0 Å². The topological polar surface area (TPSA) is 34.4 Å². The SMILES string of the molecule is CC(=O)c1ccc2cnc(CC(C)C)n2c1. The second-order valence-corrected chi connectivity index (χ2v) is 4.54. The molecule has 0 atom stereocenters. The molecule has 0 radical (unpaired) electrons. The number of carbonyl (C=O) groups is 1. The summed E-state index contributed by atoms with van der Waals surface area (Å²) in [5.41, 5.74) is 1.77. The van der Waals surface area contributed by atoms with Crippen LogP contribution >= 0.6 is 0 Å². The molecule has 0 aliphatic rings. The summed E-state index contributed by atoms with van der Waals surface area (Å²) >= 11 is 0. The Bertz CT molecular complexity index is 526. The van der Waals surface area contributed by atoms with E-state index in [1.54, 1.807) is 6.92 Å². The molecule has 0 spiro atoms. The number of pyridine rings is 1. The third kappa shape index (κ3) is 1.98. The summed E-state index contributed by atoms with van der Waals surface area (Å²) in [5.74, 6) is 1.67. The maximum atomic E-state index is 11.3. The fraction of sp³-hybridized carbons (Fsp3) is 0.385. The smallest absolute Gasteiger partial charge is 0.161 e. The molecule has 0 unspecified atom stereocenters. The molecular weight excluding hydrogens is 200 g/mol. The van der Waals surface area contributed by atoms with Crippen molar-refractivity contribution >= 4 is 11.3 Å². The molecule has 0 aliphatic heterocycles. The highest BCUT2D eigenvalue weighted by atomic mass is 16.1. The quantitative estimate of drug-likeness (QED) is 0.739. The van der Waals surface area contributed by atoms with Crippen molar-refractivity contribution in [3.63, 3.8) is 0 Å². The second kappa shape index (κ2) is 4.08. The minimum Gasteiger partial charge on any atom is -0.303 e. The van der Waals surface area contributed by atoms with Gasteiger partial charge in [0.15, 0.2) is 5.78 Å². The first-order valence-electron chi connectivity index (χ1n) is 5.55. The predicted molar refractivity (Wildman–Crippen MR) is 63.7 cm³/mol. The molecular formula is C13H16N2O. The zero-order valence-electron chi connectivity index (χ0n) is 9.90. The first kappa shape index (κ1) is 10.9. The highest BCUT2D eigenvalue weighted by molar-refractivity contribution is 5.94. The van der Waals surface area contributed by atoms with Crippen LogP contribution in [0.25, 0.3) is 5.52 Å². The summed E-state index contributed by atoms with van der Waals surface area (Å²) in [6.45, 7) is 5.91. The van der Waals surface area contributed by atoms with E-state index in [4.69, 9.17) is 0 Å². The number of hydrogen-bond donors (Lipinski definition) is 0. The molecule has 84 valence electrons. The van der Waals surface area contributed by atoms with Gasteiger partial charge >= 0.3 is 0 Å². The van der Waals surface area contributed by atoms with Crippen molar-refractivity contribution in [3.05, 3.63) is 35.9 Å². The minimum atomic E-state index is 0.0890. The van der Waals surface area contributed by atoms with Gasteiger partial charge < -0.3 is 4.40 Å². The summed E-state index contributed by atoms with van der Waals surface area (Å²) in [6, 6.07) is 3.78. The van der Waals surface area contributed by atoms with Crippen molar-refractivity contribution in [1.29, 1.82) is 0 Å². The van der Waals surface area contributed by atoms with Crippen LogP contribution in [0.3, 0.4) is 0 Å². The first-order valence-corrected chi connectivity index (χ1v) is 5.55. The molecule has 0 bridgehead atoms. The lowest BCUT2D eigenvalue weighted by Gasteiger charge is -2.05. The molecule has 2 aromatic rings. The van der Waals surface area contributed by atoms with E-state index in [2.05, 4.69) is 18.8 Å². The maximum absolute atomic E-state index is 11.3. The maximum Gasteiger partial charge on any atom is 0.161 e. The fourth-order valence-electron chi connectivity index (χ4n) is 1.77. The largest absolute Gasteiger partial charge is 0.303 e. The van der Waals surface area contributed by atoms with Crippen molar-refractivity contribution < 1.29 is 4.79 Å². The molecule has 0 aliphatic carbocycles. The number of ketones is 1. The minimum absolute atomic E-state index is 0.0890. The Morgan fingerprint density at radius 1 is 1.44 bits per heavy atom. The summed E-state index contributed by atoms with van der Waals surface area (Å²) in [7, 11) is 0. The van der Waals surface area contributed by atoms with E-state index in [1.807, 2.05) is 28.9 Å². The van der Waals surface area contributed by atoms with Gasteiger partial charge in [-0.15, -0.1) is 0 Å². The number of imidazole rings is 1. The van der Waals surface area contributed by atoms with Gasteiger partial charge in [0.25, 0.3) is 0 Å². The van der Waals surface area contributed by atoms with Crippen LogP contribution in [0.15, 0.2) is 24.5 Å². The van der Waals surface area contributed by atoms with Gasteiger partial charge in [0.1, 0.15) is 5.82 Å². The zero-order chi connectivity index (χ0) is 11.7. The molecule has 0 saturated carbocycles. The van der Waals surface area contributed by atoms with Gasteiger partial charge in [-0.2, -0.15) is 0 Å². The van der Waals surface area contributed by atoms with E-state index >= 15 is 0 Å². The van der Waals surface area contributed by atoms with E-state index in [1.165, 1.54) is 0 Å². The highest BCUT2D eigenvalue weighted by Crippen LogP contribution is 2.13. The lowest BCUT2D eigenvalue weighted by atomic mass is 10.1. The summed E-state index contributed by atoms with van der Waals surface area (Å²) in [6.07, 6.45) is 4.65. The molecule has 0 saturated heterocycles. The number of fused-ring (bicyclic) bond motifs is 1. The zero-order valence-corrected chi connectivity index (χ0v) is 9.90. The van der Waals surface area contributed by atoms with Crippen LogP contribution in [-0.2, 0) is 6.42 Å². The van der Waals surface area contributed by atoms with Gasteiger partial charge in [-0.25, -0.2) is 4.98 Å². The van der Waals surface area contributed by atoms with Crippen molar-refractivity contribution in [2.45, 2.75) is 27.2 Å². The Morgan fingerprint density at radius 2 is 2.19 bits per heavy atom. The molecule has 2 heterocycles. The molecule has 0 amide bonds. The van der Waals surface area contributed by atoms with E-state index in [-0.39, 0.29) is 5.78 Å². The number of hydrogen-bond acceptors (Lipinski definition) is 2. The third-order valence-electron chi connectivity index (χ3n) is 2.60. The van der Waals surface area contributed by atoms with Crippen LogP contribution in [0, 0.1) is 5.92 Å². The van der Waals surface area contributed by atoms with Crippen molar-refractivity contribution in [2.75, 3.05) is 0 Å². The Labute approximate surface area is 95.1 Å². The number of Topliss-reactive ketones (excluding diaryl/α,β-unsaturated/α-hetero) is 1. The molecule has 0 N–H and O–H groups in total. The van der Waals surface area contributed by atoms with Gasteiger partial charge in [-0.1, -0.05) is 13.8 Å². The lowest BCUT2D eigenvalue weighted by Crippen LogP contribution is -2.02. The van der Waals surface area contributed by atoms with Crippen LogP contribution < -0.4 is 0 Å². The second-order valence-electron chi connectivity index (χ2n) is 4.54. The van der Waals surface area contributed by atoms with Gasteiger partial charge in [0.05, 0.1) is 11.7 Å². The monoisotopic (exact) mass is 216 g/mol. The lowest BCUT2D eigenvalue weighted by molar-refractivity contribution is 0.101. The van der Waals surface area contributed by atoms with E-state index < -0.39 is 0 Å². The Hall–Kier alpha value is -1.64. The first-order chi connectivity index (χ1) is 7.58. The molecule has 16 heavy (non-hydrogen) atoms. The number of carbonyl (C=O) groups excluding carboxylic acids is 1. The number of aromatic nitrogens is 2. The normalized spacial score (nSPS) is 11.2.